The highest BCUT2D eigenvalue weighted by molar-refractivity contribution is 6.32. The van der Waals surface area contributed by atoms with Gasteiger partial charge in [-0.1, -0.05) is 30.7 Å². The lowest BCUT2D eigenvalue weighted by atomic mass is 10.1. The molecule has 0 aliphatic heterocycles. The highest BCUT2D eigenvalue weighted by Crippen LogP contribution is 2.29. The van der Waals surface area contributed by atoms with Gasteiger partial charge in [0.2, 0.25) is 0 Å². The summed E-state index contributed by atoms with van der Waals surface area (Å²) in [7, 11) is 0. The van der Waals surface area contributed by atoms with Crippen LogP contribution in [0.5, 0.6) is 0 Å². The van der Waals surface area contributed by atoms with E-state index in [1.807, 2.05) is 13.8 Å². The number of nitrogen functional groups attached to an aromatic ring is 1. The van der Waals surface area contributed by atoms with E-state index >= 15 is 0 Å². The smallest absolute Gasteiger partial charge is 0.271 e. The van der Waals surface area contributed by atoms with Gasteiger partial charge in [0, 0.05) is 12.1 Å². The summed E-state index contributed by atoms with van der Waals surface area (Å²) in [5, 5.41) is 18.9. The minimum Gasteiger partial charge on any atom is -0.381 e. The summed E-state index contributed by atoms with van der Waals surface area (Å²) < 4.78 is 1.44. The summed E-state index contributed by atoms with van der Waals surface area (Å²) in [4.78, 5) is 10.3. The number of nitro groups is 1. The summed E-state index contributed by atoms with van der Waals surface area (Å²) in [6.45, 7) is 3.85. The Morgan fingerprint density at radius 3 is 2.74 bits per heavy atom. The van der Waals surface area contributed by atoms with Crippen LogP contribution in [0, 0.1) is 10.1 Å². The summed E-state index contributed by atoms with van der Waals surface area (Å²) >= 11 is 6.07. The molecular formula is C11H12ClN5O2. The van der Waals surface area contributed by atoms with Crippen molar-refractivity contribution in [1.82, 2.24) is 15.0 Å². The fraction of sp³-hybridized carbons (Fsp3) is 0.273. The van der Waals surface area contributed by atoms with Crippen molar-refractivity contribution in [2.24, 2.45) is 0 Å². The highest BCUT2D eigenvalue weighted by atomic mass is 35.5. The number of halogens is 1. The molecule has 7 nitrogen and oxygen atoms in total. The van der Waals surface area contributed by atoms with Gasteiger partial charge < -0.3 is 5.73 Å². The lowest BCUT2D eigenvalue weighted by Gasteiger charge is -2.10. The average molecular weight is 282 g/mol. The van der Waals surface area contributed by atoms with E-state index in [9.17, 15) is 10.1 Å². The SMILES string of the molecule is CC(C)c1c(N)nnn1-c1cc([N+](=O)[O-])ccc1Cl. The van der Waals surface area contributed by atoms with Crippen molar-refractivity contribution in [2.75, 3.05) is 5.73 Å². The van der Waals surface area contributed by atoms with Crippen LogP contribution in [0.4, 0.5) is 11.5 Å². The topological polar surface area (TPSA) is 99.9 Å². The molecule has 1 aromatic heterocycles. The predicted molar refractivity (Wildman–Crippen MR) is 71.5 cm³/mol. The number of non-ortho nitro benzene ring substituents is 1. The van der Waals surface area contributed by atoms with Crippen molar-refractivity contribution in [1.29, 1.82) is 0 Å². The van der Waals surface area contributed by atoms with Gasteiger partial charge in [-0.15, -0.1) is 5.10 Å². The molecule has 1 aromatic carbocycles. The molecule has 0 aliphatic carbocycles. The van der Waals surface area contributed by atoms with Crippen LogP contribution in [0.2, 0.25) is 5.02 Å². The maximum absolute atomic E-state index is 10.8. The normalized spacial score (nSPS) is 10.9. The lowest BCUT2D eigenvalue weighted by molar-refractivity contribution is -0.384. The van der Waals surface area contributed by atoms with Crippen LogP contribution in [0.25, 0.3) is 5.69 Å². The first kappa shape index (κ1) is 13.3. The lowest BCUT2D eigenvalue weighted by Crippen LogP contribution is -2.06. The minimum absolute atomic E-state index is 0.0605. The van der Waals surface area contributed by atoms with Crippen molar-refractivity contribution in [3.8, 4) is 5.69 Å². The molecule has 100 valence electrons. The quantitative estimate of drug-likeness (QED) is 0.688. The Labute approximate surface area is 114 Å². The number of nitro benzene ring substituents is 1. The van der Waals surface area contributed by atoms with E-state index in [4.69, 9.17) is 17.3 Å². The van der Waals surface area contributed by atoms with Gasteiger partial charge in [0.25, 0.3) is 5.69 Å². The first-order valence-electron chi connectivity index (χ1n) is 5.57. The predicted octanol–water partition coefficient (Wildman–Crippen LogP) is 2.53. The van der Waals surface area contributed by atoms with Crippen molar-refractivity contribution in [3.63, 3.8) is 0 Å². The summed E-state index contributed by atoms with van der Waals surface area (Å²) in [5.74, 6) is 0.350. The van der Waals surface area contributed by atoms with Crippen LogP contribution in [0.3, 0.4) is 0 Å². The zero-order chi connectivity index (χ0) is 14.2. The van der Waals surface area contributed by atoms with Gasteiger partial charge in [-0.05, 0) is 12.0 Å². The van der Waals surface area contributed by atoms with Crippen LogP contribution in [-0.4, -0.2) is 19.9 Å². The Balaban J connectivity index is 2.65. The molecule has 0 saturated carbocycles. The molecule has 0 spiro atoms. The van der Waals surface area contributed by atoms with Gasteiger partial charge in [0.1, 0.15) is 0 Å². The number of nitrogens with two attached hydrogens (primary N) is 1. The number of rotatable bonds is 3. The highest BCUT2D eigenvalue weighted by Gasteiger charge is 2.19. The number of anilines is 1. The maximum atomic E-state index is 10.8. The van der Waals surface area contributed by atoms with Gasteiger partial charge in [-0.25, -0.2) is 4.68 Å². The number of aromatic nitrogens is 3. The third kappa shape index (κ3) is 2.37. The van der Waals surface area contributed by atoms with E-state index in [1.165, 1.54) is 22.9 Å². The van der Waals surface area contributed by atoms with Crippen LogP contribution in [0.1, 0.15) is 25.5 Å². The van der Waals surface area contributed by atoms with Gasteiger partial charge in [0.05, 0.1) is 21.3 Å². The van der Waals surface area contributed by atoms with Crippen LogP contribution >= 0.6 is 11.6 Å². The largest absolute Gasteiger partial charge is 0.381 e. The fourth-order valence-electron chi connectivity index (χ4n) is 1.80. The van der Waals surface area contributed by atoms with E-state index in [2.05, 4.69) is 10.3 Å². The molecule has 0 atom stereocenters. The molecule has 19 heavy (non-hydrogen) atoms. The fourth-order valence-corrected chi connectivity index (χ4v) is 1.99. The first-order valence-corrected chi connectivity index (χ1v) is 5.95. The monoisotopic (exact) mass is 281 g/mol. The molecule has 1 heterocycles. The third-order valence-electron chi connectivity index (χ3n) is 2.65. The molecule has 2 N–H and O–H groups in total. The summed E-state index contributed by atoms with van der Waals surface area (Å²) in [6, 6.07) is 4.14. The molecule has 2 rings (SSSR count). The molecule has 8 heteroatoms. The second kappa shape index (κ2) is 4.85. The number of nitrogens with zero attached hydrogens (tertiary/aromatic N) is 4. The second-order valence-electron chi connectivity index (χ2n) is 4.32. The Morgan fingerprint density at radius 1 is 1.47 bits per heavy atom. The molecule has 2 aromatic rings. The summed E-state index contributed by atoms with van der Waals surface area (Å²) in [6.07, 6.45) is 0. The van der Waals surface area contributed by atoms with Gasteiger partial charge in [-0.2, -0.15) is 0 Å². The van der Waals surface area contributed by atoms with E-state index in [1.54, 1.807) is 0 Å². The van der Waals surface area contributed by atoms with E-state index in [0.29, 0.717) is 16.4 Å². The Kier molecular flexibility index (Phi) is 3.39. The first-order chi connectivity index (χ1) is 8.91. The molecule has 0 unspecified atom stereocenters. The average Bonchev–Trinajstić information content (AvgIpc) is 2.71. The van der Waals surface area contributed by atoms with Crippen LogP contribution in [0.15, 0.2) is 18.2 Å². The van der Waals surface area contributed by atoms with Crippen molar-refractivity contribution >= 4 is 23.1 Å². The Morgan fingerprint density at radius 2 is 2.16 bits per heavy atom. The molecule has 0 aliphatic rings. The molecule has 0 radical (unpaired) electrons. The van der Waals surface area contributed by atoms with Crippen molar-refractivity contribution in [3.05, 3.63) is 39.0 Å². The molecule has 0 saturated heterocycles. The second-order valence-corrected chi connectivity index (χ2v) is 4.73. The summed E-state index contributed by atoms with van der Waals surface area (Å²) in [5.41, 5.74) is 6.75. The molecule has 0 amide bonds. The molecular weight excluding hydrogens is 270 g/mol. The standard InChI is InChI=1S/C11H12ClN5O2/c1-6(2)10-11(13)14-15-16(10)9-5-7(17(18)19)3-4-8(9)12/h3-6H,13H2,1-2H3. The number of hydrogen-bond acceptors (Lipinski definition) is 5. The van der Waals surface area contributed by atoms with Gasteiger partial charge in [0.15, 0.2) is 5.82 Å². The minimum atomic E-state index is -0.491. The van der Waals surface area contributed by atoms with Crippen molar-refractivity contribution in [2.45, 2.75) is 19.8 Å². The van der Waals surface area contributed by atoms with Crippen LogP contribution in [-0.2, 0) is 0 Å². The van der Waals surface area contributed by atoms with E-state index < -0.39 is 4.92 Å². The van der Waals surface area contributed by atoms with Gasteiger partial charge >= 0.3 is 0 Å². The number of benzene rings is 1. The van der Waals surface area contributed by atoms with Crippen molar-refractivity contribution < 1.29 is 4.92 Å². The Hall–Kier alpha value is -2.15. The van der Waals surface area contributed by atoms with Gasteiger partial charge in [-0.3, -0.25) is 10.1 Å². The molecule has 0 fully saturated rings. The molecule has 0 bridgehead atoms. The maximum Gasteiger partial charge on any atom is 0.271 e. The third-order valence-corrected chi connectivity index (χ3v) is 2.97. The van der Waals surface area contributed by atoms with E-state index in [-0.39, 0.29) is 17.4 Å². The van der Waals surface area contributed by atoms with E-state index in [0.717, 1.165) is 0 Å². The zero-order valence-corrected chi connectivity index (χ0v) is 11.1. The zero-order valence-electron chi connectivity index (χ0n) is 10.4. The van der Waals surface area contributed by atoms with Crippen LogP contribution < -0.4 is 5.73 Å². The number of hydrogen-bond donors (Lipinski definition) is 1. The Bertz CT molecular complexity index is 638.